The third-order valence-electron chi connectivity index (χ3n) is 6.77. The van der Waals surface area contributed by atoms with E-state index in [1.807, 2.05) is 0 Å². The van der Waals surface area contributed by atoms with Crippen molar-refractivity contribution in [1.82, 2.24) is 20.2 Å². The quantitative estimate of drug-likeness (QED) is 0.859. The molecule has 8 heteroatoms. The van der Waals surface area contributed by atoms with Crippen LogP contribution >= 0.6 is 0 Å². The summed E-state index contributed by atoms with van der Waals surface area (Å²) < 4.78 is 13.0. The number of hydrogen-bond acceptors (Lipinski definition) is 4. The number of piperazine rings is 1. The fraction of sp³-hybridized carbons (Fsp3) is 0.684. The lowest BCUT2D eigenvalue weighted by Gasteiger charge is -2.57. The van der Waals surface area contributed by atoms with Crippen LogP contribution in [0, 0.1) is 23.6 Å². The lowest BCUT2D eigenvalue weighted by molar-refractivity contribution is -0.120. The lowest BCUT2D eigenvalue weighted by Crippen LogP contribution is -2.64. The van der Waals surface area contributed by atoms with E-state index >= 15 is 0 Å². The van der Waals surface area contributed by atoms with Gasteiger partial charge in [-0.05, 0) is 56.3 Å². The molecule has 144 valence electrons. The number of rotatable bonds is 2. The molecular formula is C19H24FN5O2. The summed E-state index contributed by atoms with van der Waals surface area (Å²) in [6.07, 6.45) is 9.31. The van der Waals surface area contributed by atoms with E-state index in [1.54, 1.807) is 4.90 Å². The predicted octanol–water partition coefficient (Wildman–Crippen LogP) is 1.94. The van der Waals surface area contributed by atoms with Gasteiger partial charge in [-0.1, -0.05) is 0 Å². The van der Waals surface area contributed by atoms with E-state index in [4.69, 9.17) is 0 Å². The maximum atomic E-state index is 13.0. The van der Waals surface area contributed by atoms with Crippen LogP contribution in [-0.2, 0) is 4.79 Å². The first-order valence-corrected chi connectivity index (χ1v) is 9.85. The molecule has 1 N–H and O–H groups in total. The summed E-state index contributed by atoms with van der Waals surface area (Å²) in [5, 5.41) is 3.31. The number of nitrogens with zero attached hydrogens (tertiary/aromatic N) is 4. The molecule has 1 aliphatic heterocycles. The number of carbonyl (C=O) groups is 2. The summed E-state index contributed by atoms with van der Waals surface area (Å²) in [5.41, 5.74) is -0.0634. The van der Waals surface area contributed by atoms with E-state index in [0.29, 0.717) is 13.1 Å². The molecular weight excluding hydrogens is 349 g/mol. The van der Waals surface area contributed by atoms with Crippen LogP contribution < -0.4 is 10.2 Å². The average Bonchev–Trinajstić information content (AvgIpc) is 2.61. The maximum absolute atomic E-state index is 13.0. The smallest absolute Gasteiger partial charge is 0.318 e. The zero-order valence-corrected chi connectivity index (χ0v) is 15.2. The van der Waals surface area contributed by atoms with Crippen LogP contribution in [0.15, 0.2) is 12.4 Å². The molecule has 3 amide bonds. The molecule has 4 saturated carbocycles. The van der Waals surface area contributed by atoms with Gasteiger partial charge >= 0.3 is 6.03 Å². The number of nitrogens with one attached hydrogen (secondary N) is 1. The highest BCUT2D eigenvalue weighted by Gasteiger charge is 2.52. The normalized spacial score (nSPS) is 34.9. The molecule has 6 rings (SSSR count). The molecule has 4 aliphatic carbocycles. The second-order valence-corrected chi connectivity index (χ2v) is 8.80. The van der Waals surface area contributed by atoms with E-state index < -0.39 is 5.82 Å². The van der Waals surface area contributed by atoms with Crippen molar-refractivity contribution in [2.24, 2.45) is 17.8 Å². The van der Waals surface area contributed by atoms with Crippen molar-refractivity contribution in [3.05, 3.63) is 18.2 Å². The molecule has 1 saturated heterocycles. The van der Waals surface area contributed by atoms with Crippen molar-refractivity contribution in [2.45, 2.75) is 44.1 Å². The van der Waals surface area contributed by atoms with Gasteiger partial charge in [0, 0.05) is 18.6 Å². The number of aromatic nitrogens is 2. The van der Waals surface area contributed by atoms with Crippen molar-refractivity contribution in [3.63, 3.8) is 0 Å². The number of carbonyl (C=O) groups excluding carboxylic acids is 2. The fourth-order valence-electron chi connectivity index (χ4n) is 6.07. The second-order valence-electron chi connectivity index (χ2n) is 8.80. The van der Waals surface area contributed by atoms with Crippen LogP contribution in [0.2, 0.25) is 0 Å². The van der Waals surface area contributed by atoms with Gasteiger partial charge in [0.2, 0.25) is 11.9 Å². The molecule has 1 aromatic heterocycles. The highest BCUT2D eigenvalue weighted by atomic mass is 19.1. The van der Waals surface area contributed by atoms with Gasteiger partial charge in [-0.25, -0.2) is 19.2 Å². The van der Waals surface area contributed by atoms with Crippen molar-refractivity contribution in [1.29, 1.82) is 0 Å². The van der Waals surface area contributed by atoms with Crippen molar-refractivity contribution in [3.8, 4) is 0 Å². The molecule has 5 fully saturated rings. The third-order valence-corrected chi connectivity index (χ3v) is 6.77. The first-order valence-electron chi connectivity index (χ1n) is 9.85. The highest BCUT2D eigenvalue weighted by molar-refractivity contribution is 5.96. The van der Waals surface area contributed by atoms with Gasteiger partial charge in [-0.15, -0.1) is 0 Å². The Morgan fingerprint density at radius 1 is 1.07 bits per heavy atom. The van der Waals surface area contributed by atoms with E-state index in [0.717, 1.165) is 49.4 Å². The van der Waals surface area contributed by atoms with E-state index in [2.05, 4.69) is 15.3 Å². The van der Waals surface area contributed by atoms with Crippen molar-refractivity contribution < 1.29 is 14.0 Å². The van der Waals surface area contributed by atoms with Gasteiger partial charge in [0.15, 0.2) is 5.82 Å². The van der Waals surface area contributed by atoms with Crippen molar-refractivity contribution >= 4 is 17.9 Å². The fourth-order valence-corrected chi connectivity index (χ4v) is 6.07. The van der Waals surface area contributed by atoms with Gasteiger partial charge in [0.25, 0.3) is 0 Å². The maximum Gasteiger partial charge on any atom is 0.318 e. The standard InChI is InChI=1S/C19H24FN5O2/c20-15-9-21-17(22-10-15)25-2-1-24(11-16(25)26)18(27)23-19-6-12-3-13(7-19)5-14(4-12)8-19/h9-10,12-14H,1-8,11H2,(H,23,27). The predicted molar refractivity (Wildman–Crippen MR) is 95.4 cm³/mol. The summed E-state index contributed by atoms with van der Waals surface area (Å²) in [5.74, 6) is 1.66. The van der Waals surface area contributed by atoms with Crippen LogP contribution in [0.25, 0.3) is 0 Å². The molecule has 0 aromatic carbocycles. The SMILES string of the molecule is O=C(NC12CC3CC(CC(C3)C1)C2)N1CCN(c2ncc(F)cn2)C(=O)C1. The topological polar surface area (TPSA) is 78.4 Å². The summed E-state index contributed by atoms with van der Waals surface area (Å²) in [6.45, 7) is 0.738. The Labute approximate surface area is 157 Å². The molecule has 4 bridgehead atoms. The van der Waals surface area contributed by atoms with E-state index in [-0.39, 0.29) is 30.0 Å². The largest absolute Gasteiger partial charge is 0.333 e. The van der Waals surface area contributed by atoms with Gasteiger partial charge < -0.3 is 10.2 Å². The first-order chi connectivity index (χ1) is 13.0. The minimum atomic E-state index is -0.542. The lowest BCUT2D eigenvalue weighted by atomic mass is 9.53. The zero-order valence-electron chi connectivity index (χ0n) is 15.2. The number of halogens is 1. The van der Waals surface area contributed by atoms with Crippen LogP contribution in [0.5, 0.6) is 0 Å². The number of anilines is 1. The molecule has 27 heavy (non-hydrogen) atoms. The van der Waals surface area contributed by atoms with Crippen LogP contribution in [0.1, 0.15) is 38.5 Å². The average molecular weight is 373 g/mol. The molecule has 0 spiro atoms. The monoisotopic (exact) mass is 373 g/mol. The molecule has 1 aromatic rings. The third kappa shape index (κ3) is 3.04. The van der Waals surface area contributed by atoms with Crippen molar-refractivity contribution in [2.75, 3.05) is 24.5 Å². The van der Waals surface area contributed by atoms with Gasteiger partial charge in [0.1, 0.15) is 6.54 Å². The molecule has 2 heterocycles. The van der Waals surface area contributed by atoms with Crippen LogP contribution in [-0.4, -0.2) is 52.0 Å². The minimum absolute atomic E-state index is 0.00106. The zero-order chi connectivity index (χ0) is 18.6. The second kappa shape index (κ2) is 6.14. The Balaban J connectivity index is 1.23. The van der Waals surface area contributed by atoms with Crippen LogP contribution in [0.4, 0.5) is 15.1 Å². The van der Waals surface area contributed by atoms with Gasteiger partial charge in [-0.2, -0.15) is 0 Å². The Hall–Kier alpha value is -2.25. The molecule has 0 radical (unpaired) electrons. The summed E-state index contributed by atoms with van der Waals surface area (Å²) >= 11 is 0. The number of amides is 3. The molecule has 0 unspecified atom stereocenters. The number of hydrogen-bond donors (Lipinski definition) is 1. The summed E-state index contributed by atoms with van der Waals surface area (Å²) in [7, 11) is 0. The summed E-state index contributed by atoms with van der Waals surface area (Å²) in [4.78, 5) is 36.1. The number of urea groups is 1. The van der Waals surface area contributed by atoms with Gasteiger partial charge in [0.05, 0.1) is 12.4 Å². The Morgan fingerprint density at radius 3 is 2.22 bits per heavy atom. The molecule has 5 aliphatic rings. The summed E-state index contributed by atoms with van der Waals surface area (Å²) in [6, 6.07) is -0.134. The Morgan fingerprint density at radius 2 is 1.67 bits per heavy atom. The van der Waals surface area contributed by atoms with Crippen LogP contribution in [0.3, 0.4) is 0 Å². The Kier molecular flexibility index (Phi) is 3.84. The van der Waals surface area contributed by atoms with E-state index in [1.165, 1.54) is 24.2 Å². The van der Waals surface area contributed by atoms with E-state index in [9.17, 15) is 14.0 Å². The first kappa shape index (κ1) is 16.9. The minimum Gasteiger partial charge on any atom is -0.333 e. The molecule has 7 nitrogen and oxygen atoms in total. The Bertz CT molecular complexity index is 733. The molecule has 0 atom stereocenters. The van der Waals surface area contributed by atoms with Gasteiger partial charge in [-0.3, -0.25) is 9.69 Å². The highest BCUT2D eigenvalue weighted by Crippen LogP contribution is 2.55.